The molecule has 3 N–H and O–H groups in total. The quantitative estimate of drug-likeness (QED) is 0.443. The molecule has 0 bridgehead atoms. The van der Waals surface area contributed by atoms with E-state index in [2.05, 4.69) is 5.32 Å². The Bertz CT molecular complexity index is 537. The van der Waals surface area contributed by atoms with Crippen LogP contribution in [0.2, 0.25) is 0 Å². The number of anilines is 1. The van der Waals surface area contributed by atoms with Gasteiger partial charge in [0.2, 0.25) is 0 Å². The van der Waals surface area contributed by atoms with Gasteiger partial charge in [0.1, 0.15) is 12.1 Å². The lowest BCUT2D eigenvalue weighted by Crippen LogP contribution is -2.29. The van der Waals surface area contributed by atoms with Crippen molar-refractivity contribution in [1.29, 1.82) is 5.26 Å². The number of esters is 1. The summed E-state index contributed by atoms with van der Waals surface area (Å²) in [6, 6.07) is 6.43. The number of nitrogens with two attached hydrogens (primary N) is 1. The number of para-hydroxylation sites is 1. The highest BCUT2D eigenvalue weighted by Gasteiger charge is 2.17. The van der Waals surface area contributed by atoms with E-state index < -0.39 is 18.5 Å². The van der Waals surface area contributed by atoms with Crippen molar-refractivity contribution in [1.82, 2.24) is 5.32 Å². The van der Waals surface area contributed by atoms with Crippen LogP contribution in [0.15, 0.2) is 18.2 Å². The standard InChI is InChI=1S/C13H15N3O4/c1-2-19-12-9(4-3-5-10(12)15)13(18)20-8-11(17)16-7-6-14/h3-5H,2,7-8,15H2,1H3,(H,16,17). The summed E-state index contributed by atoms with van der Waals surface area (Å²) in [5.41, 5.74) is 6.19. The van der Waals surface area contributed by atoms with Gasteiger partial charge in [-0.05, 0) is 19.1 Å². The van der Waals surface area contributed by atoms with E-state index >= 15 is 0 Å². The maximum atomic E-state index is 11.9. The zero-order valence-corrected chi connectivity index (χ0v) is 11.0. The van der Waals surface area contributed by atoms with Gasteiger partial charge in [-0.25, -0.2) is 4.79 Å². The third-order valence-electron chi connectivity index (χ3n) is 2.25. The fourth-order valence-corrected chi connectivity index (χ4v) is 1.42. The monoisotopic (exact) mass is 277 g/mol. The lowest BCUT2D eigenvalue weighted by Gasteiger charge is -2.11. The Kier molecular flexibility index (Phi) is 5.84. The Balaban J connectivity index is 2.71. The van der Waals surface area contributed by atoms with Gasteiger partial charge in [-0.1, -0.05) is 6.07 Å². The van der Waals surface area contributed by atoms with Gasteiger partial charge in [0, 0.05) is 0 Å². The molecule has 0 saturated heterocycles. The number of nitrogens with one attached hydrogen (secondary N) is 1. The first-order valence-electron chi connectivity index (χ1n) is 5.92. The van der Waals surface area contributed by atoms with Crippen molar-refractivity contribution in [2.75, 3.05) is 25.5 Å². The van der Waals surface area contributed by atoms with E-state index in [9.17, 15) is 9.59 Å². The average Bonchev–Trinajstić information content (AvgIpc) is 2.44. The number of benzene rings is 1. The molecule has 0 aliphatic rings. The minimum Gasteiger partial charge on any atom is -0.491 e. The largest absolute Gasteiger partial charge is 0.491 e. The molecule has 106 valence electrons. The predicted octanol–water partition coefficient (Wildman–Crippen LogP) is 0.464. The number of rotatable bonds is 6. The SMILES string of the molecule is CCOc1c(N)cccc1C(=O)OCC(=O)NCC#N. The fourth-order valence-electron chi connectivity index (χ4n) is 1.42. The van der Waals surface area contributed by atoms with Gasteiger partial charge < -0.3 is 20.5 Å². The molecule has 0 aliphatic heterocycles. The van der Waals surface area contributed by atoms with E-state index in [1.54, 1.807) is 25.1 Å². The molecule has 0 aliphatic carbocycles. The summed E-state index contributed by atoms with van der Waals surface area (Å²) in [7, 11) is 0. The smallest absolute Gasteiger partial charge is 0.342 e. The van der Waals surface area contributed by atoms with E-state index in [-0.39, 0.29) is 17.9 Å². The Labute approximate surface area is 116 Å². The molecule has 0 saturated carbocycles. The van der Waals surface area contributed by atoms with E-state index in [1.807, 2.05) is 0 Å². The number of amides is 1. The lowest BCUT2D eigenvalue weighted by molar-refractivity contribution is -0.123. The first-order chi connectivity index (χ1) is 9.60. The number of carbonyl (C=O) groups excluding carboxylic acids is 2. The average molecular weight is 277 g/mol. The molecule has 1 aromatic rings. The van der Waals surface area contributed by atoms with Gasteiger partial charge in [0.15, 0.2) is 12.4 Å². The van der Waals surface area contributed by atoms with Crippen molar-refractivity contribution in [3.8, 4) is 11.8 Å². The summed E-state index contributed by atoms with van der Waals surface area (Å²) in [5.74, 6) is -1.04. The second-order valence-corrected chi connectivity index (χ2v) is 3.67. The highest BCUT2D eigenvalue weighted by molar-refractivity contribution is 5.95. The van der Waals surface area contributed by atoms with Crippen LogP contribution in [0.1, 0.15) is 17.3 Å². The van der Waals surface area contributed by atoms with Gasteiger partial charge in [-0.15, -0.1) is 0 Å². The van der Waals surface area contributed by atoms with Crippen LogP contribution in [-0.2, 0) is 9.53 Å². The maximum Gasteiger partial charge on any atom is 0.342 e. The minimum atomic E-state index is -0.715. The zero-order chi connectivity index (χ0) is 15.0. The molecule has 0 atom stereocenters. The third-order valence-corrected chi connectivity index (χ3v) is 2.25. The van der Waals surface area contributed by atoms with Gasteiger partial charge in [-0.2, -0.15) is 5.26 Å². The van der Waals surface area contributed by atoms with E-state index in [0.717, 1.165) is 0 Å². The highest BCUT2D eigenvalue weighted by atomic mass is 16.5. The summed E-state index contributed by atoms with van der Waals surface area (Å²) >= 11 is 0. The summed E-state index contributed by atoms with van der Waals surface area (Å²) in [4.78, 5) is 23.1. The van der Waals surface area contributed by atoms with Gasteiger partial charge in [0.05, 0.1) is 18.4 Å². The van der Waals surface area contributed by atoms with Gasteiger partial charge in [-0.3, -0.25) is 4.79 Å². The molecule has 0 aromatic heterocycles. The van der Waals surface area contributed by atoms with Crippen LogP contribution < -0.4 is 15.8 Å². The number of hydrogen-bond donors (Lipinski definition) is 2. The van der Waals surface area contributed by atoms with Crippen molar-refractivity contribution in [2.45, 2.75) is 6.92 Å². The molecule has 0 heterocycles. The molecule has 1 aromatic carbocycles. The number of nitrogen functional groups attached to an aromatic ring is 1. The molecule has 0 unspecified atom stereocenters. The van der Waals surface area contributed by atoms with Crippen LogP contribution in [0.4, 0.5) is 5.69 Å². The van der Waals surface area contributed by atoms with E-state index in [4.69, 9.17) is 20.5 Å². The highest BCUT2D eigenvalue weighted by Crippen LogP contribution is 2.26. The Morgan fingerprint density at radius 3 is 2.85 bits per heavy atom. The first kappa shape index (κ1) is 15.3. The Morgan fingerprint density at radius 2 is 2.20 bits per heavy atom. The normalized spacial score (nSPS) is 9.40. The van der Waals surface area contributed by atoms with Crippen LogP contribution >= 0.6 is 0 Å². The fraction of sp³-hybridized carbons (Fsp3) is 0.308. The van der Waals surface area contributed by atoms with E-state index in [1.165, 1.54) is 6.07 Å². The molecule has 0 spiro atoms. The minimum absolute atomic E-state index is 0.140. The summed E-state index contributed by atoms with van der Waals surface area (Å²) in [6.45, 7) is 1.49. The first-order valence-corrected chi connectivity index (χ1v) is 5.92. The Hall–Kier alpha value is -2.75. The zero-order valence-electron chi connectivity index (χ0n) is 11.0. The molecule has 1 amide bonds. The molecular formula is C13H15N3O4. The molecule has 0 radical (unpaired) electrons. The second-order valence-electron chi connectivity index (χ2n) is 3.67. The molecule has 7 heteroatoms. The maximum absolute atomic E-state index is 11.9. The van der Waals surface area contributed by atoms with Crippen LogP contribution in [-0.4, -0.2) is 31.6 Å². The van der Waals surface area contributed by atoms with Crippen molar-refractivity contribution in [3.63, 3.8) is 0 Å². The summed E-state index contributed by atoms with van der Waals surface area (Å²) in [5, 5.41) is 10.6. The molecule has 0 fully saturated rings. The van der Waals surface area contributed by atoms with Crippen molar-refractivity contribution in [2.24, 2.45) is 0 Å². The second kappa shape index (κ2) is 7.63. The summed E-state index contributed by atoms with van der Waals surface area (Å²) < 4.78 is 10.1. The van der Waals surface area contributed by atoms with Crippen molar-refractivity contribution >= 4 is 17.6 Å². The number of hydrogen-bond acceptors (Lipinski definition) is 6. The topological polar surface area (TPSA) is 114 Å². The third kappa shape index (κ3) is 4.17. The Morgan fingerprint density at radius 1 is 1.45 bits per heavy atom. The molecular weight excluding hydrogens is 262 g/mol. The predicted molar refractivity (Wildman–Crippen MR) is 70.9 cm³/mol. The lowest BCUT2D eigenvalue weighted by atomic mass is 10.2. The van der Waals surface area contributed by atoms with Crippen LogP contribution in [0.3, 0.4) is 0 Å². The van der Waals surface area contributed by atoms with Crippen molar-refractivity contribution in [3.05, 3.63) is 23.8 Å². The number of nitriles is 1. The van der Waals surface area contributed by atoms with Crippen LogP contribution in [0, 0.1) is 11.3 Å². The van der Waals surface area contributed by atoms with Crippen LogP contribution in [0.5, 0.6) is 5.75 Å². The molecule has 7 nitrogen and oxygen atoms in total. The van der Waals surface area contributed by atoms with Gasteiger partial charge in [0.25, 0.3) is 5.91 Å². The number of nitrogens with zero attached hydrogens (tertiary/aromatic N) is 1. The van der Waals surface area contributed by atoms with Crippen molar-refractivity contribution < 1.29 is 19.1 Å². The number of ether oxygens (including phenoxy) is 2. The molecule has 1 rings (SSSR count). The van der Waals surface area contributed by atoms with Crippen LogP contribution in [0.25, 0.3) is 0 Å². The van der Waals surface area contributed by atoms with E-state index in [0.29, 0.717) is 12.3 Å². The van der Waals surface area contributed by atoms with Gasteiger partial charge >= 0.3 is 5.97 Å². The number of carbonyl (C=O) groups is 2. The molecule has 20 heavy (non-hydrogen) atoms. The summed E-state index contributed by atoms with van der Waals surface area (Å²) in [6.07, 6.45) is 0.